The van der Waals surface area contributed by atoms with Crippen LogP contribution < -0.4 is 4.90 Å². The van der Waals surface area contributed by atoms with Gasteiger partial charge in [-0.15, -0.1) is 0 Å². The second-order valence-electron chi connectivity index (χ2n) is 6.21. The van der Waals surface area contributed by atoms with Gasteiger partial charge in [0.2, 0.25) is 0 Å². The number of H-pyrrole nitrogens is 1. The van der Waals surface area contributed by atoms with Crippen LogP contribution in [0, 0.1) is 0 Å². The molecule has 2 aliphatic heterocycles. The summed E-state index contributed by atoms with van der Waals surface area (Å²) >= 11 is 0. The first-order chi connectivity index (χ1) is 11.3. The van der Waals surface area contributed by atoms with Crippen molar-refractivity contribution in [2.45, 2.75) is 25.8 Å². The number of likely N-dealkylation sites (N-methyl/N-ethyl adjacent to an activating group) is 1. The molecule has 7 heteroatoms. The van der Waals surface area contributed by atoms with Crippen molar-refractivity contribution in [3.8, 4) is 0 Å². The topological polar surface area (TPSA) is 68.4 Å². The zero-order valence-corrected chi connectivity index (χ0v) is 13.4. The number of nitrogens with zero attached hydrogens (tertiary/aromatic N) is 5. The number of hydrogen-bond acceptors (Lipinski definition) is 4. The zero-order chi connectivity index (χ0) is 15.8. The molecule has 0 unspecified atom stereocenters. The second-order valence-corrected chi connectivity index (χ2v) is 6.21. The Bertz CT molecular complexity index is 705. The lowest BCUT2D eigenvalue weighted by atomic mass is 10.0. The molecule has 0 aromatic carbocycles. The third-order valence-electron chi connectivity index (χ3n) is 5.05. The minimum absolute atomic E-state index is 0.209. The van der Waals surface area contributed by atoms with Crippen molar-refractivity contribution in [3.63, 3.8) is 0 Å². The fourth-order valence-electron chi connectivity index (χ4n) is 3.73. The predicted molar refractivity (Wildman–Crippen MR) is 88.5 cm³/mol. The summed E-state index contributed by atoms with van der Waals surface area (Å²) in [5.74, 6) is 0.998. The quantitative estimate of drug-likeness (QED) is 0.936. The van der Waals surface area contributed by atoms with Crippen molar-refractivity contribution < 1.29 is 4.79 Å². The van der Waals surface area contributed by atoms with E-state index in [9.17, 15) is 4.79 Å². The van der Waals surface area contributed by atoms with Crippen LogP contribution in [-0.2, 0) is 0 Å². The molecule has 1 N–H and O–H groups in total. The molecule has 0 radical (unpaired) electrons. The van der Waals surface area contributed by atoms with E-state index in [1.165, 1.54) is 0 Å². The van der Waals surface area contributed by atoms with Crippen molar-refractivity contribution in [1.29, 1.82) is 0 Å². The molecule has 0 spiro atoms. The number of rotatable bonds is 3. The summed E-state index contributed by atoms with van der Waals surface area (Å²) in [6, 6.07) is 2.60. The lowest BCUT2D eigenvalue weighted by Gasteiger charge is -2.37. The normalized spacial score (nSPS) is 20.0. The van der Waals surface area contributed by atoms with E-state index >= 15 is 0 Å². The first-order valence-electron chi connectivity index (χ1n) is 8.36. The van der Waals surface area contributed by atoms with Gasteiger partial charge in [0.25, 0.3) is 0 Å². The Morgan fingerprint density at radius 1 is 1.22 bits per heavy atom. The molecule has 4 heterocycles. The Morgan fingerprint density at radius 2 is 2.04 bits per heavy atom. The summed E-state index contributed by atoms with van der Waals surface area (Å²) in [4.78, 5) is 30.5. The summed E-state index contributed by atoms with van der Waals surface area (Å²) in [6.45, 7) is 6.44. The lowest BCUT2D eigenvalue weighted by molar-refractivity contribution is 0.169. The van der Waals surface area contributed by atoms with Gasteiger partial charge in [-0.25, -0.2) is 14.8 Å². The molecule has 2 aromatic rings. The van der Waals surface area contributed by atoms with Crippen molar-refractivity contribution in [3.05, 3.63) is 18.6 Å². The molecular weight excluding hydrogens is 292 g/mol. The molecule has 2 aromatic heterocycles. The first kappa shape index (κ1) is 14.3. The average molecular weight is 314 g/mol. The molecule has 0 atom stereocenters. The fraction of sp³-hybridized carbons (Fsp3) is 0.562. The molecule has 23 heavy (non-hydrogen) atoms. The summed E-state index contributed by atoms with van der Waals surface area (Å²) in [5, 5.41) is 1.07. The van der Waals surface area contributed by atoms with Gasteiger partial charge in [0.1, 0.15) is 17.8 Å². The van der Waals surface area contributed by atoms with Gasteiger partial charge < -0.3 is 19.7 Å². The highest BCUT2D eigenvalue weighted by atomic mass is 16.2. The maximum Gasteiger partial charge on any atom is 0.320 e. The molecule has 2 aliphatic rings. The minimum atomic E-state index is 0.209. The number of carbonyl (C=O) groups is 1. The van der Waals surface area contributed by atoms with Gasteiger partial charge in [0, 0.05) is 45.0 Å². The number of urea groups is 1. The van der Waals surface area contributed by atoms with Crippen LogP contribution in [0.15, 0.2) is 18.6 Å². The van der Waals surface area contributed by atoms with Gasteiger partial charge in [-0.2, -0.15) is 0 Å². The number of amides is 2. The Kier molecular flexibility index (Phi) is 3.55. The summed E-state index contributed by atoms with van der Waals surface area (Å²) < 4.78 is 0. The molecule has 4 rings (SSSR count). The highest BCUT2D eigenvalue weighted by Gasteiger charge is 2.34. The van der Waals surface area contributed by atoms with Crippen LogP contribution in [0.1, 0.15) is 19.8 Å². The number of aromatic nitrogens is 3. The van der Waals surface area contributed by atoms with E-state index < -0.39 is 0 Å². The Balaban J connectivity index is 1.45. The molecule has 0 aliphatic carbocycles. The SMILES string of the molecule is CCN1CCN(C2CCN(c3ncnc4[nH]ccc34)CC2)C1=O. The van der Waals surface area contributed by atoms with E-state index in [1.54, 1.807) is 6.33 Å². The number of fused-ring (bicyclic) bond motifs is 1. The van der Waals surface area contributed by atoms with E-state index in [2.05, 4.69) is 24.8 Å². The van der Waals surface area contributed by atoms with Crippen LogP contribution in [0.4, 0.5) is 10.6 Å². The van der Waals surface area contributed by atoms with Crippen LogP contribution in [0.2, 0.25) is 0 Å². The van der Waals surface area contributed by atoms with Crippen LogP contribution in [0.3, 0.4) is 0 Å². The van der Waals surface area contributed by atoms with E-state index in [-0.39, 0.29) is 6.03 Å². The van der Waals surface area contributed by atoms with Crippen LogP contribution >= 0.6 is 0 Å². The largest absolute Gasteiger partial charge is 0.356 e. The van der Waals surface area contributed by atoms with Crippen LogP contribution in [-0.4, -0.2) is 69.5 Å². The van der Waals surface area contributed by atoms with Gasteiger partial charge in [-0.3, -0.25) is 0 Å². The molecular formula is C16H22N6O. The maximum atomic E-state index is 12.3. The van der Waals surface area contributed by atoms with Gasteiger partial charge >= 0.3 is 6.03 Å². The molecule has 2 amide bonds. The molecule has 0 bridgehead atoms. The summed E-state index contributed by atoms with van der Waals surface area (Å²) in [6.07, 6.45) is 5.51. The Hall–Kier alpha value is -2.31. The molecule has 7 nitrogen and oxygen atoms in total. The highest BCUT2D eigenvalue weighted by Crippen LogP contribution is 2.27. The maximum absolute atomic E-state index is 12.3. The number of anilines is 1. The van der Waals surface area contributed by atoms with E-state index in [0.29, 0.717) is 6.04 Å². The number of hydrogen-bond donors (Lipinski definition) is 1. The second kappa shape index (κ2) is 5.72. The highest BCUT2D eigenvalue weighted by molar-refractivity contribution is 5.87. The standard InChI is InChI=1S/C16H22N6O/c1-2-20-9-10-22(16(20)23)12-4-7-21(8-5-12)15-13-3-6-17-14(13)18-11-19-15/h3,6,11-12H,2,4-5,7-10H2,1H3,(H,17,18,19). The smallest absolute Gasteiger partial charge is 0.320 e. The molecule has 2 saturated heterocycles. The minimum Gasteiger partial charge on any atom is -0.356 e. The summed E-state index contributed by atoms with van der Waals surface area (Å²) in [5.41, 5.74) is 0.880. The van der Waals surface area contributed by atoms with Crippen molar-refractivity contribution in [1.82, 2.24) is 24.8 Å². The molecule has 0 saturated carbocycles. The third kappa shape index (κ3) is 2.40. The number of piperidine rings is 1. The van der Waals surface area contributed by atoms with Crippen molar-refractivity contribution in [2.75, 3.05) is 37.6 Å². The molecule has 122 valence electrons. The third-order valence-corrected chi connectivity index (χ3v) is 5.05. The lowest BCUT2D eigenvalue weighted by Crippen LogP contribution is -2.46. The monoisotopic (exact) mass is 314 g/mol. The van der Waals surface area contributed by atoms with E-state index in [0.717, 1.165) is 62.4 Å². The Labute approximate surface area is 135 Å². The van der Waals surface area contributed by atoms with Crippen LogP contribution in [0.25, 0.3) is 11.0 Å². The fourth-order valence-corrected chi connectivity index (χ4v) is 3.73. The van der Waals surface area contributed by atoms with Gasteiger partial charge in [0.05, 0.1) is 5.39 Å². The van der Waals surface area contributed by atoms with Gasteiger partial charge in [0.15, 0.2) is 0 Å². The predicted octanol–water partition coefficient (Wildman–Crippen LogP) is 1.68. The van der Waals surface area contributed by atoms with E-state index in [4.69, 9.17) is 0 Å². The number of aromatic amines is 1. The summed E-state index contributed by atoms with van der Waals surface area (Å²) in [7, 11) is 0. The van der Waals surface area contributed by atoms with Crippen molar-refractivity contribution in [2.24, 2.45) is 0 Å². The average Bonchev–Trinajstić information content (AvgIpc) is 3.21. The van der Waals surface area contributed by atoms with Gasteiger partial charge in [-0.05, 0) is 25.8 Å². The van der Waals surface area contributed by atoms with E-state index in [1.807, 2.05) is 24.1 Å². The van der Waals surface area contributed by atoms with Crippen molar-refractivity contribution >= 4 is 22.9 Å². The van der Waals surface area contributed by atoms with Crippen LogP contribution in [0.5, 0.6) is 0 Å². The molecule has 2 fully saturated rings. The van der Waals surface area contributed by atoms with Gasteiger partial charge in [-0.1, -0.05) is 0 Å². The Morgan fingerprint density at radius 3 is 2.78 bits per heavy atom. The zero-order valence-electron chi connectivity index (χ0n) is 13.4. The number of nitrogens with one attached hydrogen (secondary N) is 1. The number of carbonyl (C=O) groups excluding carboxylic acids is 1. The first-order valence-corrected chi connectivity index (χ1v) is 8.36.